The number of nitrogens with two attached hydrogens (primary N) is 1. The van der Waals surface area contributed by atoms with Crippen LogP contribution in [0.4, 0.5) is 5.69 Å². The minimum atomic E-state index is 0.0972. The van der Waals surface area contributed by atoms with Crippen LogP contribution in [-0.4, -0.2) is 31.8 Å². The van der Waals surface area contributed by atoms with Gasteiger partial charge in [-0.05, 0) is 19.1 Å². The molecule has 2 atom stereocenters. The Morgan fingerprint density at radius 2 is 2.19 bits per heavy atom. The summed E-state index contributed by atoms with van der Waals surface area (Å²) >= 11 is 6.18. The van der Waals surface area contributed by atoms with Gasteiger partial charge in [0.1, 0.15) is 0 Å². The van der Waals surface area contributed by atoms with Crippen LogP contribution >= 0.6 is 11.6 Å². The summed E-state index contributed by atoms with van der Waals surface area (Å²) in [5.74, 6) is 0. The second kappa shape index (κ2) is 5.04. The first-order valence-corrected chi connectivity index (χ1v) is 5.93. The molecular formula is C12H17ClN2O. The van der Waals surface area contributed by atoms with Crippen LogP contribution in [0.5, 0.6) is 0 Å². The molecule has 88 valence electrons. The molecule has 2 unspecified atom stereocenters. The van der Waals surface area contributed by atoms with E-state index >= 15 is 0 Å². The fraction of sp³-hybridized carbons (Fsp3) is 0.500. The van der Waals surface area contributed by atoms with Crippen LogP contribution in [0.3, 0.4) is 0 Å². The third-order valence-corrected chi connectivity index (χ3v) is 3.10. The van der Waals surface area contributed by atoms with Crippen LogP contribution in [0, 0.1) is 0 Å². The Bertz CT molecular complexity index is 359. The fourth-order valence-corrected chi connectivity index (χ4v) is 2.34. The minimum Gasteiger partial charge on any atom is -0.370 e. The van der Waals surface area contributed by atoms with Crippen LogP contribution in [0.1, 0.15) is 6.92 Å². The van der Waals surface area contributed by atoms with E-state index in [1.807, 2.05) is 24.3 Å². The Labute approximate surface area is 101 Å². The van der Waals surface area contributed by atoms with Crippen molar-refractivity contribution in [2.45, 2.75) is 19.1 Å². The van der Waals surface area contributed by atoms with E-state index < -0.39 is 0 Å². The van der Waals surface area contributed by atoms with E-state index in [-0.39, 0.29) is 12.2 Å². The Morgan fingerprint density at radius 3 is 2.88 bits per heavy atom. The molecule has 0 bridgehead atoms. The normalized spacial score (nSPS) is 25.8. The van der Waals surface area contributed by atoms with Gasteiger partial charge < -0.3 is 15.4 Å². The molecule has 1 fully saturated rings. The summed E-state index contributed by atoms with van der Waals surface area (Å²) in [7, 11) is 0. The van der Waals surface area contributed by atoms with Crippen LogP contribution in [-0.2, 0) is 4.74 Å². The van der Waals surface area contributed by atoms with Gasteiger partial charge in [-0.25, -0.2) is 0 Å². The molecule has 4 heteroatoms. The maximum absolute atomic E-state index is 6.18. The van der Waals surface area contributed by atoms with Gasteiger partial charge in [0.05, 0.1) is 22.9 Å². The molecule has 1 saturated heterocycles. The van der Waals surface area contributed by atoms with Gasteiger partial charge in [0.2, 0.25) is 0 Å². The summed E-state index contributed by atoms with van der Waals surface area (Å²) in [4.78, 5) is 2.24. The first-order chi connectivity index (χ1) is 7.70. The Balaban J connectivity index is 2.17. The molecule has 1 aliphatic heterocycles. The zero-order chi connectivity index (χ0) is 11.5. The molecule has 1 aromatic carbocycles. The number of benzene rings is 1. The number of morpholine rings is 1. The highest BCUT2D eigenvalue weighted by Gasteiger charge is 2.25. The SMILES string of the molecule is CC1CN(c2ccccc2Cl)CC(CN)O1. The summed E-state index contributed by atoms with van der Waals surface area (Å²) < 4.78 is 5.72. The van der Waals surface area contributed by atoms with Crippen molar-refractivity contribution in [3.8, 4) is 0 Å². The van der Waals surface area contributed by atoms with Crippen LogP contribution in [0.25, 0.3) is 0 Å². The average molecular weight is 241 g/mol. The second-order valence-electron chi connectivity index (χ2n) is 4.16. The molecule has 2 N–H and O–H groups in total. The van der Waals surface area contributed by atoms with Crippen molar-refractivity contribution in [1.82, 2.24) is 0 Å². The number of para-hydroxylation sites is 1. The molecular weight excluding hydrogens is 224 g/mol. The van der Waals surface area contributed by atoms with Crippen molar-refractivity contribution in [1.29, 1.82) is 0 Å². The van der Waals surface area contributed by atoms with Crippen molar-refractivity contribution >= 4 is 17.3 Å². The number of rotatable bonds is 2. The van der Waals surface area contributed by atoms with Gasteiger partial charge in [0.15, 0.2) is 0 Å². The molecule has 0 spiro atoms. The van der Waals surface area contributed by atoms with Crippen molar-refractivity contribution in [3.05, 3.63) is 29.3 Å². The average Bonchev–Trinajstić information content (AvgIpc) is 2.28. The van der Waals surface area contributed by atoms with Gasteiger partial charge in [0, 0.05) is 19.6 Å². The van der Waals surface area contributed by atoms with Gasteiger partial charge in [-0.1, -0.05) is 23.7 Å². The lowest BCUT2D eigenvalue weighted by molar-refractivity contribution is -0.0104. The summed E-state index contributed by atoms with van der Waals surface area (Å²) in [5, 5.41) is 0.785. The van der Waals surface area contributed by atoms with Gasteiger partial charge in [-0.15, -0.1) is 0 Å². The van der Waals surface area contributed by atoms with E-state index in [2.05, 4.69) is 11.8 Å². The maximum Gasteiger partial charge on any atom is 0.0876 e. The van der Waals surface area contributed by atoms with E-state index in [1.54, 1.807) is 0 Å². The molecule has 1 heterocycles. The molecule has 3 nitrogen and oxygen atoms in total. The highest BCUT2D eigenvalue weighted by molar-refractivity contribution is 6.33. The highest BCUT2D eigenvalue weighted by Crippen LogP contribution is 2.27. The smallest absolute Gasteiger partial charge is 0.0876 e. The number of anilines is 1. The minimum absolute atomic E-state index is 0.0972. The maximum atomic E-state index is 6.18. The number of hydrogen-bond donors (Lipinski definition) is 1. The Morgan fingerprint density at radius 1 is 1.44 bits per heavy atom. The van der Waals surface area contributed by atoms with E-state index in [0.29, 0.717) is 6.54 Å². The molecule has 0 radical (unpaired) electrons. The largest absolute Gasteiger partial charge is 0.370 e. The topological polar surface area (TPSA) is 38.5 Å². The molecule has 1 aliphatic rings. The zero-order valence-electron chi connectivity index (χ0n) is 9.40. The lowest BCUT2D eigenvalue weighted by atomic mass is 10.2. The second-order valence-corrected chi connectivity index (χ2v) is 4.57. The van der Waals surface area contributed by atoms with Gasteiger partial charge in [-0.2, -0.15) is 0 Å². The van der Waals surface area contributed by atoms with Crippen LogP contribution < -0.4 is 10.6 Å². The molecule has 0 saturated carbocycles. The Kier molecular flexibility index (Phi) is 3.69. The van der Waals surface area contributed by atoms with E-state index in [1.165, 1.54) is 0 Å². The van der Waals surface area contributed by atoms with Gasteiger partial charge in [-0.3, -0.25) is 0 Å². The Hall–Kier alpha value is -0.770. The van der Waals surface area contributed by atoms with Crippen molar-refractivity contribution < 1.29 is 4.74 Å². The standard InChI is InChI=1S/C12H17ClN2O/c1-9-7-15(8-10(6-14)16-9)12-5-3-2-4-11(12)13/h2-5,9-10H,6-8,14H2,1H3. The lowest BCUT2D eigenvalue weighted by Crippen LogP contribution is -2.49. The summed E-state index contributed by atoms with van der Waals surface area (Å²) in [6.45, 7) is 4.28. The first-order valence-electron chi connectivity index (χ1n) is 5.55. The van der Waals surface area contributed by atoms with E-state index in [4.69, 9.17) is 22.1 Å². The number of ether oxygens (including phenoxy) is 1. The molecule has 0 amide bonds. The molecule has 16 heavy (non-hydrogen) atoms. The van der Waals surface area contributed by atoms with E-state index in [9.17, 15) is 0 Å². The molecule has 2 rings (SSSR count). The van der Waals surface area contributed by atoms with Crippen LogP contribution in [0.2, 0.25) is 5.02 Å². The predicted octanol–water partition coefficient (Wildman–Crippen LogP) is 1.89. The van der Waals surface area contributed by atoms with Crippen LogP contribution in [0.15, 0.2) is 24.3 Å². The number of hydrogen-bond acceptors (Lipinski definition) is 3. The zero-order valence-corrected chi connectivity index (χ0v) is 10.2. The quantitative estimate of drug-likeness (QED) is 0.858. The van der Waals surface area contributed by atoms with Gasteiger partial charge in [0.25, 0.3) is 0 Å². The number of nitrogens with zero attached hydrogens (tertiary/aromatic N) is 1. The van der Waals surface area contributed by atoms with Crippen molar-refractivity contribution in [2.75, 3.05) is 24.5 Å². The molecule has 0 aliphatic carbocycles. The summed E-state index contributed by atoms with van der Waals surface area (Å²) in [6.07, 6.45) is 0.290. The highest BCUT2D eigenvalue weighted by atomic mass is 35.5. The van der Waals surface area contributed by atoms with E-state index in [0.717, 1.165) is 23.8 Å². The number of halogens is 1. The molecule has 0 aromatic heterocycles. The summed E-state index contributed by atoms with van der Waals surface area (Å²) in [5.41, 5.74) is 6.73. The monoisotopic (exact) mass is 240 g/mol. The van der Waals surface area contributed by atoms with Crippen molar-refractivity contribution in [2.24, 2.45) is 5.73 Å². The van der Waals surface area contributed by atoms with Crippen molar-refractivity contribution in [3.63, 3.8) is 0 Å². The third kappa shape index (κ3) is 2.48. The summed E-state index contributed by atoms with van der Waals surface area (Å²) in [6, 6.07) is 7.89. The van der Waals surface area contributed by atoms with Gasteiger partial charge >= 0.3 is 0 Å². The first kappa shape index (κ1) is 11.7. The lowest BCUT2D eigenvalue weighted by Gasteiger charge is -2.38. The third-order valence-electron chi connectivity index (χ3n) is 2.78. The fourth-order valence-electron chi connectivity index (χ4n) is 2.08. The predicted molar refractivity (Wildman–Crippen MR) is 67.1 cm³/mol. The molecule has 1 aromatic rings.